The van der Waals surface area contributed by atoms with E-state index in [9.17, 15) is 0 Å². The van der Waals surface area contributed by atoms with Gasteiger partial charge in [-0.3, -0.25) is 0 Å². The molecule has 2 nitrogen and oxygen atoms in total. The lowest BCUT2D eigenvalue weighted by atomic mass is 10.2. The fourth-order valence-corrected chi connectivity index (χ4v) is 3.09. The Bertz CT molecular complexity index is 297. The third-order valence-electron chi connectivity index (χ3n) is 2.21. The molecule has 0 spiro atoms. The van der Waals surface area contributed by atoms with Gasteiger partial charge in [0.05, 0.1) is 5.69 Å². The number of rotatable bonds is 7. The average Bonchev–Trinajstić information content (AvgIpc) is 2.63. The SMILES string of the molecule is CCNC(C)Cc1csc(CSC(C)C)n1. The summed E-state index contributed by atoms with van der Waals surface area (Å²) in [5, 5.41) is 7.56. The molecule has 0 aliphatic rings. The largest absolute Gasteiger partial charge is 0.314 e. The molecule has 0 aliphatic heterocycles. The van der Waals surface area contributed by atoms with Crippen molar-refractivity contribution in [2.24, 2.45) is 0 Å². The van der Waals surface area contributed by atoms with Crippen LogP contribution in [0.3, 0.4) is 0 Å². The Labute approximate surface area is 107 Å². The van der Waals surface area contributed by atoms with Crippen LogP contribution in [0.15, 0.2) is 5.38 Å². The van der Waals surface area contributed by atoms with Gasteiger partial charge in [-0.1, -0.05) is 20.8 Å². The minimum atomic E-state index is 0.526. The molecular formula is C12H22N2S2. The zero-order valence-corrected chi connectivity index (χ0v) is 12.3. The van der Waals surface area contributed by atoms with E-state index < -0.39 is 0 Å². The van der Waals surface area contributed by atoms with Crippen molar-refractivity contribution in [3.05, 3.63) is 16.1 Å². The molecular weight excluding hydrogens is 236 g/mol. The summed E-state index contributed by atoms with van der Waals surface area (Å²) in [5.74, 6) is 1.05. The highest BCUT2D eigenvalue weighted by atomic mass is 32.2. The first-order valence-corrected chi connectivity index (χ1v) is 7.83. The number of hydrogen-bond acceptors (Lipinski definition) is 4. The smallest absolute Gasteiger partial charge is 0.103 e. The molecule has 0 amide bonds. The molecule has 0 aromatic carbocycles. The van der Waals surface area contributed by atoms with E-state index in [-0.39, 0.29) is 0 Å². The summed E-state index contributed by atoms with van der Waals surface area (Å²) in [6.07, 6.45) is 1.04. The van der Waals surface area contributed by atoms with E-state index in [1.165, 1.54) is 10.7 Å². The van der Waals surface area contributed by atoms with E-state index in [0.29, 0.717) is 11.3 Å². The van der Waals surface area contributed by atoms with Crippen LogP contribution in [0.25, 0.3) is 0 Å². The number of hydrogen-bond donors (Lipinski definition) is 1. The second kappa shape index (κ2) is 7.30. The second-order valence-electron chi connectivity index (χ2n) is 4.26. The molecule has 0 bridgehead atoms. The molecule has 0 saturated heterocycles. The normalized spacial score (nSPS) is 13.3. The average molecular weight is 258 g/mol. The van der Waals surface area contributed by atoms with Gasteiger partial charge < -0.3 is 5.32 Å². The van der Waals surface area contributed by atoms with Crippen molar-refractivity contribution in [1.29, 1.82) is 0 Å². The maximum atomic E-state index is 4.66. The van der Waals surface area contributed by atoms with Gasteiger partial charge in [-0.05, 0) is 18.7 Å². The zero-order chi connectivity index (χ0) is 12.0. The van der Waals surface area contributed by atoms with Gasteiger partial charge in [0.15, 0.2) is 0 Å². The van der Waals surface area contributed by atoms with Crippen molar-refractivity contribution in [2.45, 2.75) is 51.2 Å². The molecule has 1 unspecified atom stereocenters. The minimum absolute atomic E-state index is 0.526. The quantitative estimate of drug-likeness (QED) is 0.812. The lowest BCUT2D eigenvalue weighted by Crippen LogP contribution is -2.27. The van der Waals surface area contributed by atoms with E-state index >= 15 is 0 Å². The number of likely N-dealkylation sites (N-methyl/N-ethyl adjacent to an activating group) is 1. The van der Waals surface area contributed by atoms with Crippen molar-refractivity contribution in [1.82, 2.24) is 10.3 Å². The van der Waals surface area contributed by atoms with Gasteiger partial charge in [0.1, 0.15) is 5.01 Å². The second-order valence-corrected chi connectivity index (χ2v) is 6.76. The van der Waals surface area contributed by atoms with Crippen LogP contribution in [0.2, 0.25) is 0 Å². The molecule has 1 aromatic rings. The van der Waals surface area contributed by atoms with E-state index in [1.807, 2.05) is 11.8 Å². The first kappa shape index (κ1) is 14.0. The van der Waals surface area contributed by atoms with Gasteiger partial charge in [0.25, 0.3) is 0 Å². The van der Waals surface area contributed by atoms with Crippen LogP contribution >= 0.6 is 23.1 Å². The number of aromatic nitrogens is 1. The number of thiazole rings is 1. The van der Waals surface area contributed by atoms with Crippen LogP contribution in [0.1, 0.15) is 38.4 Å². The summed E-state index contributed by atoms with van der Waals surface area (Å²) in [5.41, 5.74) is 1.23. The van der Waals surface area contributed by atoms with Crippen LogP contribution in [0.5, 0.6) is 0 Å². The van der Waals surface area contributed by atoms with E-state index in [4.69, 9.17) is 0 Å². The van der Waals surface area contributed by atoms with E-state index in [0.717, 1.165) is 18.7 Å². The summed E-state index contributed by atoms with van der Waals surface area (Å²) in [6.45, 7) is 9.84. The monoisotopic (exact) mass is 258 g/mol. The number of nitrogens with zero attached hydrogens (tertiary/aromatic N) is 1. The third-order valence-corrected chi connectivity index (χ3v) is 4.39. The Balaban J connectivity index is 2.39. The van der Waals surface area contributed by atoms with Gasteiger partial charge in [-0.2, -0.15) is 11.8 Å². The lowest BCUT2D eigenvalue weighted by molar-refractivity contribution is 0.560. The van der Waals surface area contributed by atoms with Crippen LogP contribution < -0.4 is 5.32 Å². The standard InChI is InChI=1S/C12H22N2S2/c1-5-13-10(4)6-11-7-16-12(14-11)8-15-9(2)3/h7,9-10,13H,5-6,8H2,1-4H3. The van der Waals surface area contributed by atoms with Crippen molar-refractivity contribution >= 4 is 23.1 Å². The minimum Gasteiger partial charge on any atom is -0.314 e. The molecule has 0 saturated carbocycles. The highest BCUT2D eigenvalue weighted by Gasteiger charge is 2.07. The Morgan fingerprint density at radius 3 is 2.81 bits per heavy atom. The van der Waals surface area contributed by atoms with Crippen LogP contribution in [-0.4, -0.2) is 22.8 Å². The molecule has 0 aliphatic carbocycles. The fraction of sp³-hybridized carbons (Fsp3) is 0.750. The third kappa shape index (κ3) is 5.32. The molecule has 1 heterocycles. The first-order valence-electron chi connectivity index (χ1n) is 5.90. The topological polar surface area (TPSA) is 24.9 Å². The first-order chi connectivity index (χ1) is 7.61. The van der Waals surface area contributed by atoms with E-state index in [2.05, 4.69) is 43.4 Å². The van der Waals surface area contributed by atoms with Crippen molar-refractivity contribution in [3.8, 4) is 0 Å². The lowest BCUT2D eigenvalue weighted by Gasteiger charge is -2.09. The Morgan fingerprint density at radius 1 is 1.44 bits per heavy atom. The Hall–Kier alpha value is -0.0600. The summed E-state index contributed by atoms with van der Waals surface area (Å²) in [4.78, 5) is 4.66. The van der Waals surface area contributed by atoms with Crippen molar-refractivity contribution < 1.29 is 0 Å². The molecule has 16 heavy (non-hydrogen) atoms. The highest BCUT2D eigenvalue weighted by Crippen LogP contribution is 2.20. The summed E-state index contributed by atoms with van der Waals surface area (Å²) in [6, 6.07) is 0.526. The number of thioether (sulfide) groups is 1. The van der Waals surface area contributed by atoms with Crippen molar-refractivity contribution in [2.75, 3.05) is 6.54 Å². The van der Waals surface area contributed by atoms with Gasteiger partial charge >= 0.3 is 0 Å². The maximum absolute atomic E-state index is 4.66. The summed E-state index contributed by atoms with van der Waals surface area (Å²) >= 11 is 3.75. The fourth-order valence-electron chi connectivity index (χ4n) is 1.48. The number of nitrogens with one attached hydrogen (secondary N) is 1. The predicted molar refractivity (Wildman–Crippen MR) is 75.4 cm³/mol. The molecule has 0 fully saturated rings. The molecule has 4 heteroatoms. The zero-order valence-electron chi connectivity index (χ0n) is 10.6. The molecule has 1 atom stereocenters. The van der Waals surface area contributed by atoms with Crippen LogP contribution in [0, 0.1) is 0 Å². The van der Waals surface area contributed by atoms with Crippen LogP contribution in [0.4, 0.5) is 0 Å². The molecule has 1 aromatic heterocycles. The predicted octanol–water partition coefficient (Wildman–Crippen LogP) is 3.33. The van der Waals surface area contributed by atoms with Crippen LogP contribution in [-0.2, 0) is 12.2 Å². The Kier molecular flexibility index (Phi) is 6.39. The summed E-state index contributed by atoms with van der Waals surface area (Å²) in [7, 11) is 0. The van der Waals surface area contributed by atoms with Gasteiger partial charge in [0, 0.05) is 23.6 Å². The maximum Gasteiger partial charge on any atom is 0.103 e. The molecule has 1 rings (SSSR count). The van der Waals surface area contributed by atoms with E-state index in [1.54, 1.807) is 11.3 Å². The summed E-state index contributed by atoms with van der Waals surface area (Å²) < 4.78 is 0. The van der Waals surface area contributed by atoms with Gasteiger partial charge in [-0.15, -0.1) is 11.3 Å². The highest BCUT2D eigenvalue weighted by molar-refractivity contribution is 7.99. The van der Waals surface area contributed by atoms with Gasteiger partial charge in [0.2, 0.25) is 0 Å². The molecule has 1 N–H and O–H groups in total. The molecule has 92 valence electrons. The van der Waals surface area contributed by atoms with Crippen molar-refractivity contribution in [3.63, 3.8) is 0 Å². The molecule has 0 radical (unpaired) electrons. The van der Waals surface area contributed by atoms with Gasteiger partial charge in [-0.25, -0.2) is 4.98 Å². The Morgan fingerprint density at radius 2 is 2.19 bits per heavy atom.